The second-order valence-electron chi connectivity index (χ2n) is 6.74. The average molecular weight is 422 g/mol. The molecule has 4 rings (SSSR count). The summed E-state index contributed by atoms with van der Waals surface area (Å²) in [7, 11) is -3.92. The summed E-state index contributed by atoms with van der Waals surface area (Å²) in [4.78, 5) is 32.1. The van der Waals surface area contributed by atoms with E-state index < -0.39 is 21.3 Å². The monoisotopic (exact) mass is 422 g/mol. The minimum Gasteiger partial charge on any atom is -0.307 e. The molecule has 0 aliphatic rings. The Morgan fingerprint density at radius 3 is 2.57 bits per heavy atom. The van der Waals surface area contributed by atoms with Crippen molar-refractivity contribution in [1.29, 1.82) is 0 Å². The van der Waals surface area contributed by atoms with Gasteiger partial charge in [0.05, 0.1) is 15.8 Å². The zero-order valence-electron chi connectivity index (χ0n) is 15.8. The SMILES string of the molecule is O=c1[nH]c(=O)c2cc(S(=O)(=O)Nc3cccc(CCc4ccccn4)c3)ccc2[nH]1. The number of nitrogens with zero attached hydrogens (tertiary/aromatic N) is 1. The predicted octanol–water partition coefficient (Wildman–Crippen LogP) is 2.20. The van der Waals surface area contributed by atoms with Gasteiger partial charge in [-0.25, -0.2) is 13.2 Å². The maximum absolute atomic E-state index is 12.8. The number of hydrogen-bond acceptors (Lipinski definition) is 5. The zero-order valence-corrected chi connectivity index (χ0v) is 16.6. The molecule has 2 heterocycles. The number of pyridine rings is 1. The Hall–Kier alpha value is -3.72. The molecule has 152 valence electrons. The topological polar surface area (TPSA) is 125 Å². The highest BCUT2D eigenvalue weighted by Gasteiger charge is 2.16. The molecule has 0 amide bonds. The van der Waals surface area contributed by atoms with Gasteiger partial charge in [-0.3, -0.25) is 19.5 Å². The molecule has 0 atom stereocenters. The quantitative estimate of drug-likeness (QED) is 0.439. The first-order valence-electron chi connectivity index (χ1n) is 9.19. The first-order valence-corrected chi connectivity index (χ1v) is 10.7. The van der Waals surface area contributed by atoms with Crippen LogP contribution in [0.5, 0.6) is 0 Å². The standard InChI is InChI=1S/C21H18N4O4S/c26-20-18-13-17(9-10-19(18)23-21(27)24-20)30(28,29)25-16-6-3-4-14(12-16)7-8-15-5-1-2-11-22-15/h1-6,9-13,25H,7-8H2,(H2,23,24,26,27). The van der Waals surface area contributed by atoms with Crippen molar-refractivity contribution in [1.82, 2.24) is 15.0 Å². The molecular formula is C21H18N4O4S. The van der Waals surface area contributed by atoms with Gasteiger partial charge in [0, 0.05) is 17.6 Å². The number of benzene rings is 2. The Labute approximate surface area is 171 Å². The number of aryl methyl sites for hydroxylation is 2. The number of fused-ring (bicyclic) bond motifs is 1. The number of nitrogens with one attached hydrogen (secondary N) is 3. The van der Waals surface area contributed by atoms with E-state index >= 15 is 0 Å². The van der Waals surface area contributed by atoms with Crippen LogP contribution in [0.4, 0.5) is 5.69 Å². The number of H-pyrrole nitrogens is 2. The fourth-order valence-corrected chi connectivity index (χ4v) is 4.21. The summed E-state index contributed by atoms with van der Waals surface area (Å²) < 4.78 is 28.2. The maximum Gasteiger partial charge on any atom is 0.326 e. The molecule has 30 heavy (non-hydrogen) atoms. The van der Waals surface area contributed by atoms with E-state index in [0.717, 1.165) is 17.7 Å². The van der Waals surface area contributed by atoms with Crippen LogP contribution in [0.15, 0.2) is 81.3 Å². The van der Waals surface area contributed by atoms with E-state index in [1.807, 2.05) is 24.3 Å². The molecule has 0 saturated heterocycles. The van der Waals surface area contributed by atoms with Gasteiger partial charge in [0.1, 0.15) is 0 Å². The molecule has 0 fully saturated rings. The molecule has 9 heteroatoms. The molecule has 2 aromatic heterocycles. The van der Waals surface area contributed by atoms with Crippen LogP contribution < -0.4 is 16.0 Å². The highest BCUT2D eigenvalue weighted by atomic mass is 32.2. The average Bonchev–Trinajstić information content (AvgIpc) is 2.72. The second kappa shape index (κ2) is 7.96. The molecular weight excluding hydrogens is 404 g/mol. The zero-order chi connectivity index (χ0) is 21.1. The molecule has 0 radical (unpaired) electrons. The van der Waals surface area contributed by atoms with Crippen molar-refractivity contribution in [2.45, 2.75) is 17.7 Å². The number of hydrogen-bond donors (Lipinski definition) is 3. The van der Waals surface area contributed by atoms with Crippen molar-refractivity contribution in [3.63, 3.8) is 0 Å². The van der Waals surface area contributed by atoms with Gasteiger partial charge in [-0.1, -0.05) is 18.2 Å². The van der Waals surface area contributed by atoms with Gasteiger partial charge in [0.2, 0.25) is 0 Å². The van der Waals surface area contributed by atoms with E-state index in [9.17, 15) is 18.0 Å². The number of aromatic amines is 2. The molecule has 8 nitrogen and oxygen atoms in total. The first kappa shape index (κ1) is 19.6. The molecule has 3 N–H and O–H groups in total. The van der Waals surface area contributed by atoms with Crippen molar-refractivity contribution in [2.75, 3.05) is 4.72 Å². The summed E-state index contributed by atoms with van der Waals surface area (Å²) in [5.41, 5.74) is 1.31. The Balaban J connectivity index is 1.57. The Kier molecular flexibility index (Phi) is 5.20. The number of rotatable bonds is 6. The molecule has 0 bridgehead atoms. The van der Waals surface area contributed by atoms with E-state index in [2.05, 4.69) is 19.7 Å². The lowest BCUT2D eigenvalue weighted by Gasteiger charge is -2.10. The van der Waals surface area contributed by atoms with Crippen molar-refractivity contribution in [3.05, 3.63) is 99.0 Å². The van der Waals surface area contributed by atoms with E-state index in [1.165, 1.54) is 18.2 Å². The summed E-state index contributed by atoms with van der Waals surface area (Å²) in [6.07, 6.45) is 3.19. The molecule has 0 unspecified atom stereocenters. The van der Waals surface area contributed by atoms with Gasteiger partial charge < -0.3 is 4.98 Å². The molecule has 4 aromatic rings. The minimum absolute atomic E-state index is 0.0774. The summed E-state index contributed by atoms with van der Waals surface area (Å²) >= 11 is 0. The normalized spacial score (nSPS) is 11.5. The third-order valence-corrected chi connectivity index (χ3v) is 5.98. The highest BCUT2D eigenvalue weighted by molar-refractivity contribution is 7.92. The number of anilines is 1. The van der Waals surface area contributed by atoms with Crippen LogP contribution in [0.3, 0.4) is 0 Å². The van der Waals surface area contributed by atoms with Gasteiger partial charge in [-0.05, 0) is 60.9 Å². The first-order chi connectivity index (χ1) is 14.4. The summed E-state index contributed by atoms with van der Waals surface area (Å²) in [5, 5.41) is 0.0848. The summed E-state index contributed by atoms with van der Waals surface area (Å²) in [5.74, 6) is 0. The van der Waals surface area contributed by atoms with Crippen LogP contribution in [0.25, 0.3) is 10.9 Å². The molecule has 2 aromatic carbocycles. The summed E-state index contributed by atoms with van der Waals surface area (Å²) in [6.45, 7) is 0. The number of aromatic nitrogens is 3. The van der Waals surface area contributed by atoms with E-state index in [4.69, 9.17) is 0 Å². The van der Waals surface area contributed by atoms with Crippen LogP contribution >= 0.6 is 0 Å². The van der Waals surface area contributed by atoms with Crippen molar-refractivity contribution < 1.29 is 8.42 Å². The van der Waals surface area contributed by atoms with Crippen LogP contribution in [-0.4, -0.2) is 23.4 Å². The van der Waals surface area contributed by atoms with E-state index in [-0.39, 0.29) is 15.8 Å². The molecule has 0 spiro atoms. The van der Waals surface area contributed by atoms with Gasteiger partial charge in [-0.2, -0.15) is 0 Å². The summed E-state index contributed by atoms with van der Waals surface area (Å²) in [6, 6.07) is 16.8. The van der Waals surface area contributed by atoms with Gasteiger partial charge in [-0.15, -0.1) is 0 Å². The fourth-order valence-electron chi connectivity index (χ4n) is 3.13. The van der Waals surface area contributed by atoms with Gasteiger partial charge >= 0.3 is 5.69 Å². The van der Waals surface area contributed by atoms with Crippen LogP contribution in [0.2, 0.25) is 0 Å². The predicted molar refractivity (Wildman–Crippen MR) is 114 cm³/mol. The van der Waals surface area contributed by atoms with E-state index in [0.29, 0.717) is 12.1 Å². The van der Waals surface area contributed by atoms with Crippen LogP contribution in [0, 0.1) is 0 Å². The largest absolute Gasteiger partial charge is 0.326 e. The van der Waals surface area contributed by atoms with Crippen molar-refractivity contribution in [3.8, 4) is 0 Å². The van der Waals surface area contributed by atoms with E-state index in [1.54, 1.807) is 24.4 Å². The molecule has 0 aliphatic heterocycles. The van der Waals surface area contributed by atoms with Crippen LogP contribution in [0.1, 0.15) is 11.3 Å². The lowest BCUT2D eigenvalue weighted by atomic mass is 10.1. The van der Waals surface area contributed by atoms with Crippen molar-refractivity contribution >= 4 is 26.6 Å². The Bertz CT molecular complexity index is 1430. The molecule has 0 saturated carbocycles. The van der Waals surface area contributed by atoms with Crippen molar-refractivity contribution in [2.24, 2.45) is 0 Å². The third-order valence-electron chi connectivity index (χ3n) is 4.60. The smallest absolute Gasteiger partial charge is 0.307 e. The minimum atomic E-state index is -3.92. The van der Waals surface area contributed by atoms with Gasteiger partial charge in [0.15, 0.2) is 0 Å². The highest BCUT2D eigenvalue weighted by Crippen LogP contribution is 2.20. The van der Waals surface area contributed by atoms with Crippen LogP contribution in [-0.2, 0) is 22.9 Å². The maximum atomic E-state index is 12.8. The fraction of sp³-hybridized carbons (Fsp3) is 0.0952. The third kappa shape index (κ3) is 4.31. The second-order valence-corrected chi connectivity index (χ2v) is 8.42. The lowest BCUT2D eigenvalue weighted by molar-refractivity contribution is 0.601. The number of sulfonamides is 1. The Morgan fingerprint density at radius 2 is 1.77 bits per heavy atom. The lowest BCUT2D eigenvalue weighted by Crippen LogP contribution is -2.22. The Morgan fingerprint density at radius 1 is 0.900 bits per heavy atom. The molecule has 0 aliphatic carbocycles. The van der Waals surface area contributed by atoms with Gasteiger partial charge in [0.25, 0.3) is 15.6 Å².